The zero-order valence-corrected chi connectivity index (χ0v) is 14.3. The van der Waals surface area contributed by atoms with Crippen LogP contribution in [0.3, 0.4) is 0 Å². The van der Waals surface area contributed by atoms with Crippen LogP contribution in [0.4, 0.5) is 0 Å². The number of hydrogen-bond acceptors (Lipinski definition) is 2. The van der Waals surface area contributed by atoms with E-state index in [1.807, 2.05) is 11.8 Å². The van der Waals surface area contributed by atoms with Gasteiger partial charge in [-0.3, -0.25) is 0 Å². The van der Waals surface area contributed by atoms with Gasteiger partial charge < -0.3 is 5.32 Å². The monoisotopic (exact) mass is 299 g/mol. The van der Waals surface area contributed by atoms with Gasteiger partial charge in [-0.25, -0.2) is 0 Å². The molecular weight excluding hydrogens is 274 g/mol. The summed E-state index contributed by atoms with van der Waals surface area (Å²) in [6, 6.07) is 15.8. The minimum Gasteiger partial charge on any atom is -0.310 e. The average Bonchev–Trinajstić information content (AvgIpc) is 2.48. The lowest BCUT2D eigenvalue weighted by atomic mass is 10.1. The van der Waals surface area contributed by atoms with Crippen molar-refractivity contribution in [2.75, 3.05) is 6.54 Å². The lowest BCUT2D eigenvalue weighted by Gasteiger charge is -2.18. The SMILES string of the molecule is CCCNC(C)c1ccccc1Sc1ccc(C)cc1C. The van der Waals surface area contributed by atoms with E-state index in [1.165, 1.54) is 26.5 Å². The Hall–Kier alpha value is -1.25. The molecule has 21 heavy (non-hydrogen) atoms. The van der Waals surface area contributed by atoms with E-state index in [0.717, 1.165) is 13.0 Å². The maximum Gasteiger partial charge on any atom is 0.0303 e. The maximum atomic E-state index is 3.59. The molecule has 0 bridgehead atoms. The Morgan fingerprint density at radius 2 is 1.81 bits per heavy atom. The third-order valence-electron chi connectivity index (χ3n) is 3.64. The molecule has 0 amide bonds. The van der Waals surface area contributed by atoms with E-state index in [1.54, 1.807) is 0 Å². The minimum absolute atomic E-state index is 0.388. The van der Waals surface area contributed by atoms with E-state index in [0.29, 0.717) is 6.04 Å². The Labute approximate surface area is 133 Å². The second-order valence-corrected chi connectivity index (χ2v) is 6.67. The largest absolute Gasteiger partial charge is 0.310 e. The molecule has 0 aliphatic heterocycles. The van der Waals surface area contributed by atoms with E-state index >= 15 is 0 Å². The standard InChI is InChI=1S/C19H25NS/c1-5-12-20-16(4)17-8-6-7-9-19(17)21-18-11-10-14(2)13-15(18)3/h6-11,13,16,20H,5,12H2,1-4H3. The number of hydrogen-bond donors (Lipinski definition) is 1. The lowest BCUT2D eigenvalue weighted by Crippen LogP contribution is -2.19. The van der Waals surface area contributed by atoms with Crippen LogP contribution in [0.2, 0.25) is 0 Å². The highest BCUT2D eigenvalue weighted by Gasteiger charge is 2.11. The summed E-state index contributed by atoms with van der Waals surface area (Å²) in [5.41, 5.74) is 4.06. The smallest absolute Gasteiger partial charge is 0.0303 e. The van der Waals surface area contributed by atoms with Gasteiger partial charge in [0.05, 0.1) is 0 Å². The van der Waals surface area contributed by atoms with E-state index in [9.17, 15) is 0 Å². The fourth-order valence-electron chi connectivity index (χ4n) is 2.43. The first-order valence-electron chi connectivity index (χ1n) is 7.69. The predicted octanol–water partition coefficient (Wildman–Crippen LogP) is 5.52. The van der Waals surface area contributed by atoms with Crippen molar-refractivity contribution in [2.45, 2.75) is 49.9 Å². The molecular formula is C19H25NS. The van der Waals surface area contributed by atoms with Crippen LogP contribution >= 0.6 is 11.8 Å². The van der Waals surface area contributed by atoms with Gasteiger partial charge in [-0.15, -0.1) is 0 Å². The molecule has 0 heterocycles. The zero-order chi connectivity index (χ0) is 15.2. The molecule has 0 aliphatic carbocycles. The molecule has 0 saturated carbocycles. The Balaban J connectivity index is 2.23. The summed E-state index contributed by atoms with van der Waals surface area (Å²) in [7, 11) is 0. The van der Waals surface area contributed by atoms with Crippen LogP contribution < -0.4 is 5.32 Å². The van der Waals surface area contributed by atoms with Crippen LogP contribution in [-0.4, -0.2) is 6.54 Å². The van der Waals surface area contributed by atoms with Crippen molar-refractivity contribution < 1.29 is 0 Å². The van der Waals surface area contributed by atoms with Crippen LogP contribution in [-0.2, 0) is 0 Å². The summed E-state index contributed by atoms with van der Waals surface area (Å²) in [4.78, 5) is 2.69. The van der Waals surface area contributed by atoms with Gasteiger partial charge >= 0.3 is 0 Å². The molecule has 0 aromatic heterocycles. The van der Waals surface area contributed by atoms with E-state index in [2.05, 4.69) is 75.5 Å². The third kappa shape index (κ3) is 4.36. The summed E-state index contributed by atoms with van der Waals surface area (Å²) >= 11 is 1.87. The van der Waals surface area contributed by atoms with Gasteiger partial charge in [0.25, 0.3) is 0 Å². The van der Waals surface area contributed by atoms with Crippen molar-refractivity contribution in [1.82, 2.24) is 5.32 Å². The van der Waals surface area contributed by atoms with Gasteiger partial charge in [-0.1, -0.05) is 54.6 Å². The fraction of sp³-hybridized carbons (Fsp3) is 0.368. The fourth-order valence-corrected chi connectivity index (χ4v) is 3.54. The van der Waals surface area contributed by atoms with Gasteiger partial charge in [0.1, 0.15) is 0 Å². The topological polar surface area (TPSA) is 12.0 Å². The molecule has 1 N–H and O–H groups in total. The van der Waals surface area contributed by atoms with Gasteiger partial charge in [-0.05, 0) is 57.0 Å². The molecule has 0 radical (unpaired) electrons. The normalized spacial score (nSPS) is 12.4. The van der Waals surface area contributed by atoms with Crippen LogP contribution in [0, 0.1) is 13.8 Å². The first-order chi connectivity index (χ1) is 10.1. The van der Waals surface area contributed by atoms with Crippen LogP contribution in [0.1, 0.15) is 43.0 Å². The summed E-state index contributed by atoms with van der Waals surface area (Å²) < 4.78 is 0. The molecule has 2 aromatic rings. The summed E-state index contributed by atoms with van der Waals surface area (Å²) in [5, 5.41) is 3.59. The Bertz CT molecular complexity index is 592. The van der Waals surface area contributed by atoms with E-state index in [4.69, 9.17) is 0 Å². The van der Waals surface area contributed by atoms with E-state index in [-0.39, 0.29) is 0 Å². The Morgan fingerprint density at radius 3 is 2.52 bits per heavy atom. The highest BCUT2D eigenvalue weighted by atomic mass is 32.2. The average molecular weight is 299 g/mol. The summed E-state index contributed by atoms with van der Waals surface area (Å²) in [5.74, 6) is 0. The molecule has 112 valence electrons. The lowest BCUT2D eigenvalue weighted by molar-refractivity contribution is 0.564. The molecule has 0 saturated heterocycles. The van der Waals surface area contributed by atoms with Crippen molar-refractivity contribution in [3.8, 4) is 0 Å². The van der Waals surface area contributed by atoms with Crippen molar-refractivity contribution >= 4 is 11.8 Å². The highest BCUT2D eigenvalue weighted by Crippen LogP contribution is 2.35. The molecule has 2 aromatic carbocycles. The Morgan fingerprint density at radius 1 is 1.05 bits per heavy atom. The highest BCUT2D eigenvalue weighted by molar-refractivity contribution is 7.99. The number of nitrogens with one attached hydrogen (secondary N) is 1. The van der Waals surface area contributed by atoms with Crippen molar-refractivity contribution in [3.63, 3.8) is 0 Å². The number of benzene rings is 2. The van der Waals surface area contributed by atoms with E-state index < -0.39 is 0 Å². The summed E-state index contributed by atoms with van der Waals surface area (Å²) in [6.45, 7) is 9.85. The van der Waals surface area contributed by atoms with Crippen molar-refractivity contribution in [2.24, 2.45) is 0 Å². The quantitative estimate of drug-likeness (QED) is 0.754. The second-order valence-electron chi connectivity index (χ2n) is 5.58. The molecule has 0 spiro atoms. The molecule has 1 nitrogen and oxygen atoms in total. The minimum atomic E-state index is 0.388. The van der Waals surface area contributed by atoms with Crippen molar-refractivity contribution in [3.05, 3.63) is 59.2 Å². The maximum absolute atomic E-state index is 3.59. The first-order valence-corrected chi connectivity index (χ1v) is 8.51. The van der Waals surface area contributed by atoms with Gasteiger partial charge in [-0.2, -0.15) is 0 Å². The van der Waals surface area contributed by atoms with Gasteiger partial charge in [0.15, 0.2) is 0 Å². The third-order valence-corrected chi connectivity index (χ3v) is 4.91. The molecule has 1 unspecified atom stereocenters. The molecule has 0 aliphatic rings. The van der Waals surface area contributed by atoms with Crippen LogP contribution in [0.25, 0.3) is 0 Å². The molecule has 1 atom stereocenters. The molecule has 0 fully saturated rings. The summed E-state index contributed by atoms with van der Waals surface area (Å²) in [6.07, 6.45) is 1.16. The van der Waals surface area contributed by atoms with Crippen molar-refractivity contribution in [1.29, 1.82) is 0 Å². The first kappa shape index (κ1) is 16.1. The number of rotatable bonds is 6. The van der Waals surface area contributed by atoms with Gasteiger partial charge in [0.2, 0.25) is 0 Å². The predicted molar refractivity (Wildman–Crippen MR) is 93.2 cm³/mol. The Kier molecular flexibility index (Phi) is 5.89. The zero-order valence-electron chi connectivity index (χ0n) is 13.4. The van der Waals surface area contributed by atoms with Crippen LogP contribution in [0.15, 0.2) is 52.3 Å². The van der Waals surface area contributed by atoms with Gasteiger partial charge in [0, 0.05) is 15.8 Å². The van der Waals surface area contributed by atoms with Crippen LogP contribution in [0.5, 0.6) is 0 Å². The molecule has 2 rings (SSSR count). The molecule has 2 heteroatoms. The number of aryl methyl sites for hydroxylation is 2. The second kappa shape index (κ2) is 7.67.